The number of thioether (sulfide) groups is 1. The predicted octanol–water partition coefficient (Wildman–Crippen LogP) is 3.78. The average molecular weight is 282 g/mol. The Hall–Kier alpha value is -1.07. The van der Waals surface area contributed by atoms with Crippen LogP contribution in [0.1, 0.15) is 37.8 Å². The number of rotatable bonds is 9. The van der Waals surface area contributed by atoms with Crippen LogP contribution >= 0.6 is 11.8 Å². The Bertz CT molecular complexity index is 399. The van der Waals surface area contributed by atoms with Gasteiger partial charge < -0.3 is 5.32 Å². The van der Waals surface area contributed by atoms with E-state index in [4.69, 9.17) is 0 Å². The summed E-state index contributed by atoms with van der Waals surface area (Å²) in [7, 11) is 0. The second-order valence-corrected chi connectivity index (χ2v) is 5.48. The van der Waals surface area contributed by atoms with Crippen LogP contribution < -0.4 is 5.32 Å². The lowest BCUT2D eigenvalue weighted by molar-refractivity contribution is -0.384. The Morgan fingerprint density at radius 2 is 2.26 bits per heavy atom. The van der Waals surface area contributed by atoms with Crippen molar-refractivity contribution in [2.24, 2.45) is 0 Å². The maximum absolute atomic E-state index is 10.8. The summed E-state index contributed by atoms with van der Waals surface area (Å²) in [5.74, 6) is 1.14. The molecule has 0 aromatic heterocycles. The zero-order chi connectivity index (χ0) is 14.1. The molecule has 0 amide bonds. The molecule has 106 valence electrons. The minimum Gasteiger partial charge on any atom is -0.310 e. The lowest BCUT2D eigenvalue weighted by atomic mass is 10.0. The van der Waals surface area contributed by atoms with Gasteiger partial charge in [0, 0.05) is 18.2 Å². The summed E-state index contributed by atoms with van der Waals surface area (Å²) in [6, 6.07) is 7.17. The number of hydrogen-bond acceptors (Lipinski definition) is 4. The van der Waals surface area contributed by atoms with Crippen LogP contribution in [0.25, 0.3) is 0 Å². The van der Waals surface area contributed by atoms with Crippen molar-refractivity contribution in [3.63, 3.8) is 0 Å². The van der Waals surface area contributed by atoms with Gasteiger partial charge in [0.05, 0.1) is 4.92 Å². The smallest absolute Gasteiger partial charge is 0.269 e. The van der Waals surface area contributed by atoms with E-state index in [2.05, 4.69) is 18.5 Å². The van der Waals surface area contributed by atoms with Gasteiger partial charge in [-0.3, -0.25) is 10.1 Å². The minimum absolute atomic E-state index is 0.171. The van der Waals surface area contributed by atoms with Gasteiger partial charge in [0.1, 0.15) is 0 Å². The van der Waals surface area contributed by atoms with E-state index < -0.39 is 0 Å². The molecular formula is C14H22N2O2S. The first-order valence-corrected chi connectivity index (χ1v) is 8.05. The van der Waals surface area contributed by atoms with E-state index >= 15 is 0 Å². The van der Waals surface area contributed by atoms with Crippen molar-refractivity contribution in [1.82, 2.24) is 5.32 Å². The van der Waals surface area contributed by atoms with Crippen molar-refractivity contribution < 1.29 is 4.92 Å². The van der Waals surface area contributed by atoms with E-state index in [0.717, 1.165) is 37.1 Å². The van der Waals surface area contributed by atoms with Gasteiger partial charge in [-0.1, -0.05) is 25.5 Å². The van der Waals surface area contributed by atoms with Crippen molar-refractivity contribution in [3.05, 3.63) is 39.9 Å². The fourth-order valence-electron chi connectivity index (χ4n) is 2.02. The molecule has 0 heterocycles. The van der Waals surface area contributed by atoms with E-state index in [9.17, 15) is 10.1 Å². The van der Waals surface area contributed by atoms with Crippen molar-refractivity contribution >= 4 is 17.4 Å². The molecule has 0 aliphatic carbocycles. The molecule has 1 aromatic carbocycles. The summed E-state index contributed by atoms with van der Waals surface area (Å²) in [6.07, 6.45) is 5.28. The van der Waals surface area contributed by atoms with Crippen LogP contribution in [0.2, 0.25) is 0 Å². The third-order valence-electron chi connectivity index (χ3n) is 2.98. The predicted molar refractivity (Wildman–Crippen MR) is 81.7 cm³/mol. The van der Waals surface area contributed by atoms with Crippen LogP contribution in [0.3, 0.4) is 0 Å². The molecule has 1 rings (SSSR count). The summed E-state index contributed by atoms with van der Waals surface area (Å²) >= 11 is 1.84. The van der Waals surface area contributed by atoms with E-state index in [1.807, 2.05) is 17.8 Å². The topological polar surface area (TPSA) is 55.2 Å². The van der Waals surface area contributed by atoms with Crippen molar-refractivity contribution in [3.8, 4) is 0 Å². The quantitative estimate of drug-likeness (QED) is 0.425. The fraction of sp³-hybridized carbons (Fsp3) is 0.571. The number of benzene rings is 1. The largest absolute Gasteiger partial charge is 0.310 e. The lowest BCUT2D eigenvalue weighted by Gasteiger charge is -2.18. The molecule has 0 radical (unpaired) electrons. The Kier molecular flexibility index (Phi) is 7.52. The van der Waals surface area contributed by atoms with Crippen LogP contribution in [-0.2, 0) is 0 Å². The van der Waals surface area contributed by atoms with Gasteiger partial charge in [0.15, 0.2) is 0 Å². The normalized spacial score (nSPS) is 12.3. The van der Waals surface area contributed by atoms with Gasteiger partial charge in [-0.25, -0.2) is 0 Å². The highest BCUT2D eigenvalue weighted by Gasteiger charge is 2.13. The van der Waals surface area contributed by atoms with Crippen LogP contribution in [0.4, 0.5) is 5.69 Å². The molecule has 0 fully saturated rings. The van der Waals surface area contributed by atoms with Crippen LogP contribution in [0.5, 0.6) is 0 Å². The molecule has 0 aliphatic heterocycles. The van der Waals surface area contributed by atoms with Gasteiger partial charge in [-0.15, -0.1) is 0 Å². The van der Waals surface area contributed by atoms with Crippen LogP contribution in [0.15, 0.2) is 24.3 Å². The molecule has 0 aliphatic rings. The van der Waals surface area contributed by atoms with Gasteiger partial charge in [-0.05, 0) is 37.0 Å². The van der Waals surface area contributed by atoms with Gasteiger partial charge >= 0.3 is 0 Å². The Morgan fingerprint density at radius 3 is 2.89 bits per heavy atom. The molecule has 0 spiro atoms. The second kappa shape index (κ2) is 8.93. The Morgan fingerprint density at radius 1 is 1.47 bits per heavy atom. The van der Waals surface area contributed by atoms with E-state index in [0.29, 0.717) is 0 Å². The first-order valence-electron chi connectivity index (χ1n) is 6.65. The van der Waals surface area contributed by atoms with Crippen LogP contribution in [0, 0.1) is 10.1 Å². The minimum atomic E-state index is -0.333. The van der Waals surface area contributed by atoms with Gasteiger partial charge in [0.25, 0.3) is 5.69 Å². The van der Waals surface area contributed by atoms with Crippen molar-refractivity contribution in [1.29, 1.82) is 0 Å². The monoisotopic (exact) mass is 282 g/mol. The summed E-state index contributed by atoms with van der Waals surface area (Å²) in [4.78, 5) is 10.5. The number of nitro benzene ring substituents is 1. The summed E-state index contributed by atoms with van der Waals surface area (Å²) < 4.78 is 0. The highest BCUT2D eigenvalue weighted by atomic mass is 32.2. The number of nitrogens with one attached hydrogen (secondary N) is 1. The Labute approximate surface area is 119 Å². The fourth-order valence-corrected chi connectivity index (χ4v) is 2.46. The maximum Gasteiger partial charge on any atom is 0.269 e. The van der Waals surface area contributed by atoms with Crippen molar-refractivity contribution in [2.45, 2.75) is 32.2 Å². The molecule has 4 nitrogen and oxygen atoms in total. The second-order valence-electron chi connectivity index (χ2n) is 4.49. The van der Waals surface area contributed by atoms with Crippen molar-refractivity contribution in [2.75, 3.05) is 18.6 Å². The summed E-state index contributed by atoms with van der Waals surface area (Å²) in [5, 5.41) is 14.3. The maximum atomic E-state index is 10.8. The lowest BCUT2D eigenvalue weighted by Crippen LogP contribution is -2.22. The first kappa shape index (κ1) is 16.0. The number of hydrogen-bond donors (Lipinski definition) is 1. The van der Waals surface area contributed by atoms with E-state index in [-0.39, 0.29) is 16.7 Å². The molecule has 0 saturated carbocycles. The highest BCUT2D eigenvalue weighted by molar-refractivity contribution is 7.98. The van der Waals surface area contributed by atoms with E-state index in [1.165, 1.54) is 0 Å². The zero-order valence-corrected chi connectivity index (χ0v) is 12.4. The average Bonchev–Trinajstić information content (AvgIpc) is 2.42. The summed E-state index contributed by atoms with van der Waals surface area (Å²) in [6.45, 7) is 3.09. The standard InChI is InChI=1S/C14H22N2O2S/c1-3-6-14(15-9-5-10-19-2)12-7-4-8-13(11-12)16(17)18/h4,7-8,11,14-15H,3,5-6,9-10H2,1-2H3. The molecule has 19 heavy (non-hydrogen) atoms. The molecule has 1 N–H and O–H groups in total. The zero-order valence-electron chi connectivity index (χ0n) is 11.6. The third-order valence-corrected chi connectivity index (χ3v) is 3.67. The molecule has 1 aromatic rings. The number of non-ortho nitro benzene ring substituents is 1. The number of nitro groups is 1. The molecule has 0 bridgehead atoms. The SMILES string of the molecule is CCCC(NCCCSC)c1cccc([N+](=O)[O-])c1. The molecule has 0 saturated heterocycles. The third kappa shape index (κ3) is 5.61. The van der Waals surface area contributed by atoms with Gasteiger partial charge in [-0.2, -0.15) is 11.8 Å². The van der Waals surface area contributed by atoms with Gasteiger partial charge in [0.2, 0.25) is 0 Å². The van der Waals surface area contributed by atoms with E-state index in [1.54, 1.807) is 18.2 Å². The molecule has 1 atom stereocenters. The molecular weight excluding hydrogens is 260 g/mol. The molecule has 5 heteroatoms. The van der Waals surface area contributed by atoms with Crippen LogP contribution in [-0.4, -0.2) is 23.5 Å². The number of nitrogens with zero attached hydrogens (tertiary/aromatic N) is 1. The summed E-state index contributed by atoms with van der Waals surface area (Å²) in [5.41, 5.74) is 1.18. The highest BCUT2D eigenvalue weighted by Crippen LogP contribution is 2.22. The molecule has 1 unspecified atom stereocenters. The first-order chi connectivity index (χ1) is 9.19. The Balaban J connectivity index is 2.68.